The molecule has 100 valence electrons. The Balaban J connectivity index is 2.44. The number of aromatic carboxylic acids is 1. The molecular formula is C12H18N2O3S. The molecule has 0 aromatic carbocycles. The number of carbonyl (C=O) groups is 2. The highest BCUT2D eigenvalue weighted by atomic mass is 32.1. The molecule has 0 aliphatic carbocycles. The van der Waals surface area contributed by atoms with Crippen molar-refractivity contribution in [3.05, 3.63) is 21.9 Å². The van der Waals surface area contributed by atoms with Gasteiger partial charge in [0.2, 0.25) is 5.91 Å². The molecule has 0 bridgehead atoms. The normalized spacial score (nSPS) is 10.3. The Kier molecular flexibility index (Phi) is 5.80. The summed E-state index contributed by atoms with van der Waals surface area (Å²) in [5, 5.41) is 13.7. The smallest absolute Gasteiger partial charge is 0.346 e. The molecule has 0 radical (unpaired) electrons. The van der Waals surface area contributed by atoms with Crippen LogP contribution in [-0.2, 0) is 11.3 Å². The van der Waals surface area contributed by atoms with Gasteiger partial charge in [0.05, 0.1) is 6.54 Å². The Hall–Kier alpha value is -1.40. The van der Waals surface area contributed by atoms with Crippen molar-refractivity contribution in [2.45, 2.75) is 20.4 Å². The van der Waals surface area contributed by atoms with Crippen LogP contribution in [0.3, 0.4) is 0 Å². The van der Waals surface area contributed by atoms with E-state index in [1.165, 1.54) is 11.3 Å². The summed E-state index contributed by atoms with van der Waals surface area (Å²) in [7, 11) is 0. The molecule has 1 rings (SSSR count). The first kappa shape index (κ1) is 14.7. The van der Waals surface area contributed by atoms with Gasteiger partial charge < -0.3 is 15.3 Å². The summed E-state index contributed by atoms with van der Waals surface area (Å²) in [6.45, 7) is 5.88. The van der Waals surface area contributed by atoms with Crippen LogP contribution in [0.15, 0.2) is 11.4 Å². The fourth-order valence-electron chi connectivity index (χ4n) is 1.65. The Morgan fingerprint density at radius 1 is 1.39 bits per heavy atom. The third-order valence-electron chi connectivity index (χ3n) is 2.65. The number of carbonyl (C=O) groups excluding carboxylic acids is 1. The molecular weight excluding hydrogens is 252 g/mol. The average Bonchev–Trinajstić information content (AvgIpc) is 2.79. The molecule has 0 spiro atoms. The van der Waals surface area contributed by atoms with E-state index in [1.807, 2.05) is 13.8 Å². The molecule has 2 N–H and O–H groups in total. The van der Waals surface area contributed by atoms with Crippen LogP contribution in [0.25, 0.3) is 0 Å². The van der Waals surface area contributed by atoms with E-state index in [9.17, 15) is 9.59 Å². The molecule has 0 unspecified atom stereocenters. The molecule has 0 saturated heterocycles. The number of amides is 1. The van der Waals surface area contributed by atoms with Crippen molar-refractivity contribution in [3.63, 3.8) is 0 Å². The predicted octanol–water partition coefficient (Wildman–Crippen LogP) is 1.40. The highest BCUT2D eigenvalue weighted by molar-refractivity contribution is 7.12. The van der Waals surface area contributed by atoms with Crippen molar-refractivity contribution in [2.24, 2.45) is 0 Å². The second-order valence-electron chi connectivity index (χ2n) is 3.75. The van der Waals surface area contributed by atoms with E-state index in [-0.39, 0.29) is 12.5 Å². The van der Waals surface area contributed by atoms with Gasteiger partial charge in [-0.2, -0.15) is 0 Å². The molecule has 1 aromatic rings. The molecule has 0 fully saturated rings. The van der Waals surface area contributed by atoms with Crippen LogP contribution in [0.1, 0.15) is 29.1 Å². The summed E-state index contributed by atoms with van der Waals surface area (Å²) in [5.41, 5.74) is 0.722. The van der Waals surface area contributed by atoms with Gasteiger partial charge in [-0.3, -0.25) is 4.79 Å². The molecule has 6 heteroatoms. The van der Waals surface area contributed by atoms with Crippen molar-refractivity contribution in [1.82, 2.24) is 10.2 Å². The number of hydrogen-bond acceptors (Lipinski definition) is 4. The summed E-state index contributed by atoms with van der Waals surface area (Å²) < 4.78 is 0. The number of hydrogen-bond donors (Lipinski definition) is 2. The number of carboxylic acid groups (broad SMARTS) is 1. The largest absolute Gasteiger partial charge is 0.477 e. The zero-order chi connectivity index (χ0) is 13.5. The van der Waals surface area contributed by atoms with E-state index >= 15 is 0 Å². The maximum absolute atomic E-state index is 11.7. The maximum Gasteiger partial charge on any atom is 0.346 e. The average molecular weight is 270 g/mol. The first-order valence-electron chi connectivity index (χ1n) is 5.88. The highest BCUT2D eigenvalue weighted by Crippen LogP contribution is 2.16. The Morgan fingerprint density at radius 3 is 2.61 bits per heavy atom. The van der Waals surface area contributed by atoms with E-state index in [4.69, 9.17) is 5.11 Å². The van der Waals surface area contributed by atoms with E-state index < -0.39 is 5.97 Å². The standard InChI is InChI=1S/C12H18N2O3S/c1-3-14(4-2)10(15)8-13-7-9-5-6-18-11(9)12(16)17/h5-6,13H,3-4,7-8H2,1-2H3,(H,16,17). The van der Waals surface area contributed by atoms with Crippen LogP contribution in [0.5, 0.6) is 0 Å². The second-order valence-corrected chi connectivity index (χ2v) is 4.67. The zero-order valence-electron chi connectivity index (χ0n) is 10.6. The molecule has 1 heterocycles. The Morgan fingerprint density at radius 2 is 2.06 bits per heavy atom. The van der Waals surface area contributed by atoms with Crippen LogP contribution in [0, 0.1) is 0 Å². The molecule has 0 aliphatic rings. The number of nitrogens with zero attached hydrogens (tertiary/aromatic N) is 1. The van der Waals surface area contributed by atoms with Gasteiger partial charge in [-0.15, -0.1) is 11.3 Å². The minimum absolute atomic E-state index is 0.0344. The van der Waals surface area contributed by atoms with Gasteiger partial charge in [0.25, 0.3) is 0 Å². The fraction of sp³-hybridized carbons (Fsp3) is 0.500. The molecule has 1 amide bonds. The van der Waals surface area contributed by atoms with Gasteiger partial charge in [-0.25, -0.2) is 4.79 Å². The second kappa shape index (κ2) is 7.13. The first-order chi connectivity index (χ1) is 8.60. The van der Waals surface area contributed by atoms with Crippen molar-refractivity contribution >= 4 is 23.2 Å². The van der Waals surface area contributed by atoms with Crippen molar-refractivity contribution in [1.29, 1.82) is 0 Å². The lowest BCUT2D eigenvalue weighted by molar-refractivity contribution is -0.129. The Bertz CT molecular complexity index is 413. The molecule has 5 nitrogen and oxygen atoms in total. The molecule has 0 atom stereocenters. The third kappa shape index (κ3) is 3.82. The van der Waals surface area contributed by atoms with Gasteiger partial charge in [0.1, 0.15) is 4.88 Å². The number of carboxylic acids is 1. The summed E-state index contributed by atoms with van der Waals surface area (Å²) in [6.07, 6.45) is 0. The summed E-state index contributed by atoms with van der Waals surface area (Å²) in [5.74, 6) is -0.885. The van der Waals surface area contributed by atoms with Crippen LogP contribution in [0.4, 0.5) is 0 Å². The molecule has 0 saturated carbocycles. The van der Waals surface area contributed by atoms with Gasteiger partial charge in [-0.05, 0) is 30.9 Å². The molecule has 18 heavy (non-hydrogen) atoms. The summed E-state index contributed by atoms with van der Waals surface area (Å²) in [4.78, 5) is 24.7. The van der Waals surface area contributed by atoms with E-state index in [1.54, 1.807) is 16.3 Å². The summed E-state index contributed by atoms with van der Waals surface area (Å²) >= 11 is 1.20. The maximum atomic E-state index is 11.7. The number of thiophene rings is 1. The molecule has 0 aliphatic heterocycles. The lowest BCUT2D eigenvalue weighted by atomic mass is 10.2. The lowest BCUT2D eigenvalue weighted by Gasteiger charge is -2.18. The van der Waals surface area contributed by atoms with Crippen molar-refractivity contribution < 1.29 is 14.7 Å². The summed E-state index contributed by atoms with van der Waals surface area (Å²) in [6, 6.07) is 1.77. The van der Waals surface area contributed by atoms with E-state index in [0.29, 0.717) is 24.5 Å². The topological polar surface area (TPSA) is 69.6 Å². The van der Waals surface area contributed by atoms with E-state index in [2.05, 4.69) is 5.32 Å². The van der Waals surface area contributed by atoms with Crippen LogP contribution in [0.2, 0.25) is 0 Å². The van der Waals surface area contributed by atoms with Gasteiger partial charge in [0.15, 0.2) is 0 Å². The van der Waals surface area contributed by atoms with Crippen molar-refractivity contribution in [2.75, 3.05) is 19.6 Å². The van der Waals surface area contributed by atoms with E-state index in [0.717, 1.165) is 5.56 Å². The first-order valence-corrected chi connectivity index (χ1v) is 6.76. The monoisotopic (exact) mass is 270 g/mol. The van der Waals surface area contributed by atoms with Crippen LogP contribution >= 0.6 is 11.3 Å². The number of rotatable bonds is 7. The lowest BCUT2D eigenvalue weighted by Crippen LogP contribution is -2.37. The van der Waals surface area contributed by atoms with Gasteiger partial charge in [-0.1, -0.05) is 0 Å². The van der Waals surface area contributed by atoms with Crippen molar-refractivity contribution in [3.8, 4) is 0 Å². The fourth-order valence-corrected chi connectivity index (χ4v) is 2.42. The number of likely N-dealkylation sites (N-methyl/N-ethyl adjacent to an activating group) is 1. The molecule has 1 aromatic heterocycles. The number of nitrogens with one attached hydrogen (secondary N) is 1. The minimum atomic E-state index is -0.920. The predicted molar refractivity (Wildman–Crippen MR) is 70.9 cm³/mol. The SMILES string of the molecule is CCN(CC)C(=O)CNCc1ccsc1C(=O)O. The zero-order valence-corrected chi connectivity index (χ0v) is 11.4. The quantitative estimate of drug-likeness (QED) is 0.786. The third-order valence-corrected chi connectivity index (χ3v) is 3.59. The van der Waals surface area contributed by atoms with Crippen LogP contribution in [-0.4, -0.2) is 41.5 Å². The Labute approximate surface area is 110 Å². The highest BCUT2D eigenvalue weighted by Gasteiger charge is 2.12. The van der Waals surface area contributed by atoms with Crippen LogP contribution < -0.4 is 5.32 Å². The minimum Gasteiger partial charge on any atom is -0.477 e. The van der Waals surface area contributed by atoms with Gasteiger partial charge >= 0.3 is 5.97 Å². The van der Waals surface area contributed by atoms with Gasteiger partial charge in [0, 0.05) is 19.6 Å².